The Morgan fingerprint density at radius 3 is 2.56 bits per heavy atom. The Balaban J connectivity index is 1.60. The maximum atomic E-state index is 13.3. The Kier molecular flexibility index (Phi) is 6.70. The number of hydrogen-bond acceptors (Lipinski definition) is 8. The molecule has 1 aromatic carbocycles. The highest BCUT2D eigenvalue weighted by atomic mass is 35.5. The number of carbonyl (C=O) groups is 1. The van der Waals surface area contributed by atoms with Crippen molar-refractivity contribution in [2.75, 3.05) is 44.2 Å². The number of aryl methyl sites for hydroxylation is 1. The van der Waals surface area contributed by atoms with Crippen molar-refractivity contribution in [1.29, 1.82) is 0 Å². The lowest BCUT2D eigenvalue weighted by Gasteiger charge is -2.34. The van der Waals surface area contributed by atoms with Crippen molar-refractivity contribution in [2.45, 2.75) is 38.1 Å². The lowest BCUT2D eigenvalue weighted by Crippen LogP contribution is -2.48. The molecular formula is C20H26ClN5O5S. The Morgan fingerprint density at radius 2 is 1.91 bits per heavy atom. The van der Waals surface area contributed by atoms with Crippen LogP contribution in [-0.2, 0) is 27.8 Å². The zero-order chi connectivity index (χ0) is 22.9. The fraction of sp³-hybridized carbons (Fsp3) is 0.550. The van der Waals surface area contributed by atoms with E-state index in [1.165, 1.54) is 21.3 Å². The van der Waals surface area contributed by atoms with Gasteiger partial charge in [0.05, 0.1) is 17.3 Å². The molecule has 1 amide bonds. The van der Waals surface area contributed by atoms with Crippen molar-refractivity contribution in [3.05, 3.63) is 28.9 Å². The van der Waals surface area contributed by atoms with Gasteiger partial charge in [0.1, 0.15) is 10.6 Å². The second kappa shape index (κ2) is 9.34. The summed E-state index contributed by atoms with van der Waals surface area (Å²) in [6, 6.07) is 2.85. The molecule has 1 aromatic heterocycles. The number of hydrogen-bond donors (Lipinski definition) is 0. The van der Waals surface area contributed by atoms with Crippen LogP contribution in [-0.4, -0.2) is 73.0 Å². The van der Waals surface area contributed by atoms with E-state index in [1.54, 1.807) is 0 Å². The molecule has 0 unspecified atom stereocenters. The second-order valence-corrected chi connectivity index (χ2v) is 10.0. The lowest BCUT2D eigenvalue weighted by molar-refractivity contribution is -0.121. The van der Waals surface area contributed by atoms with Crippen LogP contribution in [0.2, 0.25) is 5.02 Å². The molecule has 1 fully saturated rings. The molecule has 1 saturated heterocycles. The van der Waals surface area contributed by atoms with Crippen LogP contribution < -0.4 is 9.64 Å². The molecule has 2 aliphatic rings. The van der Waals surface area contributed by atoms with E-state index in [-0.39, 0.29) is 34.7 Å². The smallest absolute Gasteiger partial charge is 0.265 e. The van der Waals surface area contributed by atoms with Crippen molar-refractivity contribution < 1.29 is 22.5 Å². The largest absolute Gasteiger partial charge is 0.482 e. The minimum atomic E-state index is -3.80. The SMILES string of the molecule is CCCN1CCN(S(=O)(=O)c2cc3c(cc2Cl)N(Cc2noc(CC)n2)C(=O)CO3)CC1. The van der Waals surface area contributed by atoms with E-state index < -0.39 is 10.0 Å². The van der Waals surface area contributed by atoms with Gasteiger partial charge < -0.3 is 14.2 Å². The summed E-state index contributed by atoms with van der Waals surface area (Å²) in [6.07, 6.45) is 1.61. The molecule has 0 atom stereocenters. The molecule has 0 radical (unpaired) electrons. The minimum absolute atomic E-state index is 0.0241. The molecule has 10 nitrogen and oxygen atoms in total. The van der Waals surface area contributed by atoms with Crippen LogP contribution in [0, 0.1) is 0 Å². The van der Waals surface area contributed by atoms with E-state index in [0.717, 1.165) is 13.0 Å². The molecule has 0 aliphatic carbocycles. The molecule has 0 N–H and O–H groups in total. The number of fused-ring (bicyclic) bond motifs is 1. The first-order valence-corrected chi connectivity index (χ1v) is 12.5. The van der Waals surface area contributed by atoms with Gasteiger partial charge in [-0.15, -0.1) is 0 Å². The third-order valence-corrected chi connectivity index (χ3v) is 7.92. The third kappa shape index (κ3) is 4.47. The van der Waals surface area contributed by atoms with Crippen molar-refractivity contribution >= 4 is 33.2 Å². The van der Waals surface area contributed by atoms with Gasteiger partial charge in [0, 0.05) is 38.7 Å². The number of piperazine rings is 1. The molecule has 0 saturated carbocycles. The van der Waals surface area contributed by atoms with Gasteiger partial charge in [-0.3, -0.25) is 9.69 Å². The van der Waals surface area contributed by atoms with Crippen LogP contribution in [0.1, 0.15) is 32.0 Å². The number of nitrogens with zero attached hydrogens (tertiary/aromatic N) is 5. The topological polar surface area (TPSA) is 109 Å². The van der Waals surface area contributed by atoms with Gasteiger partial charge >= 0.3 is 0 Å². The lowest BCUT2D eigenvalue weighted by atomic mass is 10.2. The van der Waals surface area contributed by atoms with E-state index in [0.29, 0.717) is 50.0 Å². The van der Waals surface area contributed by atoms with Crippen molar-refractivity contribution in [2.24, 2.45) is 0 Å². The fourth-order valence-corrected chi connectivity index (χ4v) is 5.80. The van der Waals surface area contributed by atoms with Crippen molar-refractivity contribution in [3.8, 4) is 5.75 Å². The number of anilines is 1. The first kappa shape index (κ1) is 23.0. The van der Waals surface area contributed by atoms with E-state index in [4.69, 9.17) is 20.9 Å². The molecule has 4 rings (SSSR count). The number of amides is 1. The first-order chi connectivity index (χ1) is 15.3. The molecule has 12 heteroatoms. The Labute approximate surface area is 192 Å². The molecule has 2 aromatic rings. The average molecular weight is 484 g/mol. The number of benzene rings is 1. The predicted octanol–water partition coefficient (Wildman–Crippen LogP) is 1.93. The summed E-state index contributed by atoms with van der Waals surface area (Å²) in [7, 11) is -3.80. The van der Waals surface area contributed by atoms with Gasteiger partial charge in [-0.05, 0) is 19.0 Å². The number of carbonyl (C=O) groups excluding carboxylic acids is 1. The highest BCUT2D eigenvalue weighted by molar-refractivity contribution is 7.89. The average Bonchev–Trinajstić information content (AvgIpc) is 3.24. The van der Waals surface area contributed by atoms with E-state index in [9.17, 15) is 13.2 Å². The maximum Gasteiger partial charge on any atom is 0.265 e. The van der Waals surface area contributed by atoms with E-state index in [1.807, 2.05) is 6.92 Å². The normalized spacial score (nSPS) is 18.0. The molecule has 2 aliphatic heterocycles. The Morgan fingerprint density at radius 1 is 1.16 bits per heavy atom. The molecular weight excluding hydrogens is 458 g/mol. The standard InChI is InChI=1S/C20H26ClN5O5S/c1-3-5-24-6-8-25(9-7-24)32(28,29)17-11-16-15(10-14(17)21)26(20(27)13-30-16)12-18-22-19(4-2)31-23-18/h10-11H,3-9,12-13H2,1-2H3. The zero-order valence-corrected chi connectivity index (χ0v) is 19.7. The molecule has 0 spiro atoms. The van der Waals surface area contributed by atoms with Crippen LogP contribution in [0.15, 0.2) is 21.6 Å². The van der Waals surface area contributed by atoms with Crippen LogP contribution in [0.5, 0.6) is 5.75 Å². The van der Waals surface area contributed by atoms with Crippen LogP contribution in [0.3, 0.4) is 0 Å². The summed E-state index contributed by atoms with van der Waals surface area (Å²) in [4.78, 5) is 20.4. The van der Waals surface area contributed by atoms with Gasteiger partial charge in [0.15, 0.2) is 12.4 Å². The second-order valence-electron chi connectivity index (χ2n) is 7.72. The highest BCUT2D eigenvalue weighted by Gasteiger charge is 2.34. The summed E-state index contributed by atoms with van der Waals surface area (Å²) < 4.78 is 38.7. The monoisotopic (exact) mass is 483 g/mol. The molecule has 32 heavy (non-hydrogen) atoms. The van der Waals surface area contributed by atoms with E-state index in [2.05, 4.69) is 22.0 Å². The van der Waals surface area contributed by atoms with Crippen molar-refractivity contribution in [3.63, 3.8) is 0 Å². The quantitative estimate of drug-likeness (QED) is 0.587. The zero-order valence-electron chi connectivity index (χ0n) is 18.1. The summed E-state index contributed by atoms with van der Waals surface area (Å²) >= 11 is 6.43. The summed E-state index contributed by atoms with van der Waals surface area (Å²) in [5.41, 5.74) is 0.376. The van der Waals surface area contributed by atoms with Gasteiger partial charge in [-0.1, -0.05) is 30.6 Å². The summed E-state index contributed by atoms with van der Waals surface area (Å²) in [5.74, 6) is 0.788. The number of ether oxygens (including phenoxy) is 1. The van der Waals surface area contributed by atoms with Gasteiger partial charge in [-0.2, -0.15) is 9.29 Å². The summed E-state index contributed by atoms with van der Waals surface area (Å²) in [6.45, 7) is 6.95. The Bertz CT molecular complexity index is 1100. The van der Waals surface area contributed by atoms with Crippen molar-refractivity contribution in [1.82, 2.24) is 19.3 Å². The number of halogens is 1. The number of rotatable bonds is 7. The summed E-state index contributed by atoms with van der Waals surface area (Å²) in [5, 5.41) is 3.92. The fourth-order valence-electron chi connectivity index (χ4n) is 3.86. The first-order valence-electron chi connectivity index (χ1n) is 10.6. The van der Waals surface area contributed by atoms with Gasteiger partial charge in [0.2, 0.25) is 15.9 Å². The Hall–Kier alpha value is -2.21. The molecule has 0 bridgehead atoms. The maximum absolute atomic E-state index is 13.3. The van der Waals surface area contributed by atoms with Gasteiger partial charge in [0.25, 0.3) is 5.91 Å². The third-order valence-electron chi connectivity index (χ3n) is 5.56. The van der Waals surface area contributed by atoms with Gasteiger partial charge in [-0.25, -0.2) is 8.42 Å². The van der Waals surface area contributed by atoms with E-state index >= 15 is 0 Å². The van der Waals surface area contributed by atoms with Crippen LogP contribution in [0.25, 0.3) is 0 Å². The van der Waals surface area contributed by atoms with Crippen LogP contribution >= 0.6 is 11.6 Å². The number of aromatic nitrogens is 2. The minimum Gasteiger partial charge on any atom is -0.482 e. The molecule has 3 heterocycles. The van der Waals surface area contributed by atoms with Crippen LogP contribution in [0.4, 0.5) is 5.69 Å². The predicted molar refractivity (Wildman–Crippen MR) is 117 cm³/mol. The molecule has 174 valence electrons. The highest BCUT2D eigenvalue weighted by Crippen LogP contribution is 2.40. The number of sulfonamides is 1.